The number of rotatable bonds is 4. The van der Waals surface area contributed by atoms with Crippen molar-refractivity contribution in [1.82, 2.24) is 8.87 Å². The SMILES string of the molecule is COC(=O)c1ccc2c(c1)sc(=NC(=O)c1ccc(S(=O)(=O)N3CCCC[C@H]3C)cc1)n2C. The zero-order chi connectivity index (χ0) is 23.8. The molecule has 0 N–H and O–H groups in total. The Balaban J connectivity index is 1.62. The van der Waals surface area contributed by atoms with Gasteiger partial charge in [-0.15, -0.1) is 0 Å². The first-order chi connectivity index (χ1) is 15.7. The van der Waals surface area contributed by atoms with Crippen LogP contribution in [0.1, 0.15) is 46.9 Å². The third-order valence-electron chi connectivity index (χ3n) is 5.88. The number of ether oxygens (including phenoxy) is 1. The number of piperidine rings is 1. The van der Waals surface area contributed by atoms with Crippen molar-refractivity contribution in [2.45, 2.75) is 37.1 Å². The molecule has 0 unspecified atom stereocenters. The van der Waals surface area contributed by atoms with Crippen LogP contribution in [0.25, 0.3) is 10.2 Å². The Labute approximate surface area is 196 Å². The van der Waals surface area contributed by atoms with Crippen molar-refractivity contribution in [3.63, 3.8) is 0 Å². The van der Waals surface area contributed by atoms with Crippen LogP contribution >= 0.6 is 11.3 Å². The first kappa shape index (κ1) is 23.3. The predicted octanol–water partition coefficient (Wildman–Crippen LogP) is 3.33. The number of hydrogen-bond acceptors (Lipinski definition) is 6. The van der Waals surface area contributed by atoms with Gasteiger partial charge >= 0.3 is 5.97 Å². The first-order valence-electron chi connectivity index (χ1n) is 10.6. The lowest BCUT2D eigenvalue weighted by Crippen LogP contribution is -2.41. The molecule has 1 amide bonds. The van der Waals surface area contributed by atoms with Crippen LogP contribution in [-0.2, 0) is 21.8 Å². The number of methoxy groups -OCH3 is 1. The maximum absolute atomic E-state index is 13.0. The second-order valence-electron chi connectivity index (χ2n) is 8.02. The van der Waals surface area contributed by atoms with Gasteiger partial charge in [-0.25, -0.2) is 13.2 Å². The van der Waals surface area contributed by atoms with Gasteiger partial charge in [0.1, 0.15) is 0 Å². The maximum Gasteiger partial charge on any atom is 0.337 e. The highest BCUT2D eigenvalue weighted by molar-refractivity contribution is 7.89. The lowest BCUT2D eigenvalue weighted by atomic mass is 10.1. The highest BCUT2D eigenvalue weighted by Gasteiger charge is 2.30. The van der Waals surface area contributed by atoms with Crippen LogP contribution in [0.15, 0.2) is 52.4 Å². The fourth-order valence-electron chi connectivity index (χ4n) is 3.97. The van der Waals surface area contributed by atoms with Gasteiger partial charge in [-0.05, 0) is 62.2 Å². The number of carbonyl (C=O) groups is 2. The number of carbonyl (C=O) groups excluding carboxylic acids is 2. The number of amides is 1. The average Bonchev–Trinajstić information content (AvgIpc) is 3.13. The minimum Gasteiger partial charge on any atom is -0.465 e. The number of nitrogens with zero attached hydrogens (tertiary/aromatic N) is 3. The van der Waals surface area contributed by atoms with Gasteiger partial charge in [0, 0.05) is 25.2 Å². The van der Waals surface area contributed by atoms with E-state index in [1.807, 2.05) is 6.92 Å². The number of esters is 1. The van der Waals surface area contributed by atoms with E-state index in [0.29, 0.717) is 22.5 Å². The van der Waals surface area contributed by atoms with E-state index >= 15 is 0 Å². The standard InChI is InChI=1S/C23H25N3O5S2/c1-15-6-4-5-13-26(15)33(29,30)18-10-7-16(8-11-18)21(27)24-23-25(2)19-12-9-17(22(28)31-3)14-20(19)32-23/h7-12,14-15H,4-6,13H2,1-3H3/t15-/m1/s1. The summed E-state index contributed by atoms with van der Waals surface area (Å²) in [5.74, 6) is -0.905. The van der Waals surface area contributed by atoms with Crippen LogP contribution in [0.3, 0.4) is 0 Å². The first-order valence-corrected chi connectivity index (χ1v) is 12.9. The number of sulfonamides is 1. The molecule has 8 nitrogen and oxygen atoms in total. The third kappa shape index (κ3) is 4.50. The molecule has 0 saturated carbocycles. The third-order valence-corrected chi connectivity index (χ3v) is 9.00. The van der Waals surface area contributed by atoms with Gasteiger partial charge in [-0.3, -0.25) is 4.79 Å². The smallest absolute Gasteiger partial charge is 0.337 e. The van der Waals surface area contributed by atoms with Gasteiger partial charge in [0.15, 0.2) is 4.80 Å². The molecule has 3 aromatic rings. The molecule has 1 aliphatic heterocycles. The van der Waals surface area contributed by atoms with Crippen molar-refractivity contribution in [3.8, 4) is 0 Å². The highest BCUT2D eigenvalue weighted by Crippen LogP contribution is 2.25. The molecule has 10 heteroatoms. The molecular formula is C23H25N3O5S2. The molecule has 33 heavy (non-hydrogen) atoms. The largest absolute Gasteiger partial charge is 0.465 e. The van der Waals surface area contributed by atoms with Crippen molar-refractivity contribution < 1.29 is 22.7 Å². The Morgan fingerprint density at radius 2 is 1.79 bits per heavy atom. The minimum absolute atomic E-state index is 0.0345. The van der Waals surface area contributed by atoms with E-state index in [1.54, 1.807) is 29.8 Å². The van der Waals surface area contributed by atoms with Crippen molar-refractivity contribution >= 4 is 43.5 Å². The number of fused-ring (bicyclic) bond motifs is 1. The number of aryl methyl sites for hydroxylation is 1. The number of benzene rings is 2. The van der Waals surface area contributed by atoms with Gasteiger partial charge in [0.25, 0.3) is 5.91 Å². The molecule has 1 saturated heterocycles. The monoisotopic (exact) mass is 487 g/mol. The van der Waals surface area contributed by atoms with E-state index in [1.165, 1.54) is 47.0 Å². The van der Waals surface area contributed by atoms with Crippen LogP contribution in [0, 0.1) is 0 Å². The molecule has 174 valence electrons. The van der Waals surface area contributed by atoms with Crippen LogP contribution in [-0.4, -0.2) is 48.9 Å². The summed E-state index contributed by atoms with van der Waals surface area (Å²) in [5, 5.41) is 0. The van der Waals surface area contributed by atoms with E-state index in [2.05, 4.69) is 4.99 Å². The number of thiazole rings is 1. The molecular weight excluding hydrogens is 462 g/mol. The summed E-state index contributed by atoms with van der Waals surface area (Å²) >= 11 is 1.28. The zero-order valence-corrected chi connectivity index (χ0v) is 20.3. The Morgan fingerprint density at radius 1 is 1.09 bits per heavy atom. The molecule has 1 fully saturated rings. The quantitative estimate of drug-likeness (QED) is 0.526. The molecule has 0 radical (unpaired) electrons. The normalized spacial score (nSPS) is 17.9. The lowest BCUT2D eigenvalue weighted by Gasteiger charge is -2.32. The minimum atomic E-state index is -3.60. The highest BCUT2D eigenvalue weighted by atomic mass is 32.2. The number of aromatic nitrogens is 1. The van der Waals surface area contributed by atoms with E-state index < -0.39 is 21.9 Å². The van der Waals surface area contributed by atoms with Gasteiger partial charge in [0.2, 0.25) is 10.0 Å². The van der Waals surface area contributed by atoms with Gasteiger partial charge in [0.05, 0.1) is 27.8 Å². The van der Waals surface area contributed by atoms with Gasteiger partial charge in [-0.2, -0.15) is 9.30 Å². The molecule has 2 aromatic carbocycles. The topological polar surface area (TPSA) is 98.0 Å². The fourth-order valence-corrected chi connectivity index (χ4v) is 6.73. The molecule has 0 bridgehead atoms. The van der Waals surface area contributed by atoms with Crippen molar-refractivity contribution in [2.75, 3.05) is 13.7 Å². The molecule has 1 aromatic heterocycles. The summed E-state index contributed by atoms with van der Waals surface area (Å²) in [6, 6.07) is 11.0. The fraction of sp³-hybridized carbons (Fsp3) is 0.348. The maximum atomic E-state index is 13.0. The van der Waals surface area contributed by atoms with Crippen molar-refractivity contribution in [2.24, 2.45) is 12.0 Å². The Hall–Kier alpha value is -2.82. The molecule has 0 spiro atoms. The van der Waals surface area contributed by atoms with Gasteiger partial charge < -0.3 is 9.30 Å². The lowest BCUT2D eigenvalue weighted by molar-refractivity contribution is 0.0600. The van der Waals surface area contributed by atoms with E-state index in [-0.39, 0.29) is 10.9 Å². The Kier molecular flexibility index (Phi) is 6.51. The molecule has 4 rings (SSSR count). The summed E-state index contributed by atoms with van der Waals surface area (Å²) in [7, 11) is -0.485. The van der Waals surface area contributed by atoms with Crippen molar-refractivity contribution in [3.05, 3.63) is 58.4 Å². The average molecular weight is 488 g/mol. The summed E-state index contributed by atoms with van der Waals surface area (Å²) < 4.78 is 34.9. The molecule has 2 heterocycles. The van der Waals surface area contributed by atoms with Crippen LogP contribution < -0.4 is 4.80 Å². The summed E-state index contributed by atoms with van der Waals surface area (Å²) in [6.07, 6.45) is 2.73. The molecule has 1 aliphatic rings. The van der Waals surface area contributed by atoms with E-state index in [0.717, 1.165) is 29.5 Å². The number of hydrogen-bond donors (Lipinski definition) is 0. The van der Waals surface area contributed by atoms with E-state index in [4.69, 9.17) is 4.74 Å². The summed E-state index contributed by atoms with van der Waals surface area (Å²) in [4.78, 5) is 29.4. The summed E-state index contributed by atoms with van der Waals surface area (Å²) in [6.45, 7) is 2.44. The van der Waals surface area contributed by atoms with Gasteiger partial charge in [-0.1, -0.05) is 17.8 Å². The Morgan fingerprint density at radius 3 is 2.45 bits per heavy atom. The van der Waals surface area contributed by atoms with E-state index in [9.17, 15) is 18.0 Å². The predicted molar refractivity (Wildman–Crippen MR) is 126 cm³/mol. The van der Waals surface area contributed by atoms with Crippen LogP contribution in [0.5, 0.6) is 0 Å². The Bertz CT molecular complexity index is 1390. The van der Waals surface area contributed by atoms with Crippen molar-refractivity contribution in [1.29, 1.82) is 0 Å². The molecule has 0 aliphatic carbocycles. The van der Waals surface area contributed by atoms with Crippen LogP contribution in [0.2, 0.25) is 0 Å². The summed E-state index contributed by atoms with van der Waals surface area (Å²) in [5.41, 5.74) is 1.55. The van der Waals surface area contributed by atoms with Crippen LogP contribution in [0.4, 0.5) is 0 Å². The second-order valence-corrected chi connectivity index (χ2v) is 10.9. The molecule has 1 atom stereocenters. The second kappa shape index (κ2) is 9.20. The zero-order valence-electron chi connectivity index (χ0n) is 18.6.